The van der Waals surface area contributed by atoms with Gasteiger partial charge in [0.15, 0.2) is 0 Å². The quantitative estimate of drug-likeness (QED) is 0.651. The number of rotatable bonds is 8. The second kappa shape index (κ2) is 6.86. The second-order valence-electron chi connectivity index (χ2n) is 5.16. The topological polar surface area (TPSA) is 72.3 Å². The van der Waals surface area contributed by atoms with Gasteiger partial charge < -0.3 is 16.4 Å². The number of nitrogens with two attached hydrogens (primary N) is 2. The number of hydrogen-bond acceptors (Lipinski definition) is 3. The maximum absolute atomic E-state index is 11.0. The van der Waals surface area contributed by atoms with Gasteiger partial charge in [-0.2, -0.15) is 0 Å². The molecule has 0 radical (unpaired) electrons. The van der Waals surface area contributed by atoms with Crippen LogP contribution in [-0.2, 0) is 4.79 Å². The number of hydrogen-bond donors (Lipinski definition) is 2. The molecule has 0 aliphatic rings. The molecule has 0 rings (SSSR count). The summed E-state index contributed by atoms with van der Waals surface area (Å²) < 4.78 is 0. The summed E-state index contributed by atoms with van der Waals surface area (Å²) in [5, 5.41) is 0. The Hall–Kier alpha value is -0.610. The first-order chi connectivity index (χ1) is 7.29. The van der Waals surface area contributed by atoms with Gasteiger partial charge in [-0.3, -0.25) is 4.79 Å². The summed E-state index contributed by atoms with van der Waals surface area (Å²) in [5.74, 6) is 0.294. The molecule has 0 aromatic heterocycles. The number of nitrogens with zero attached hydrogens (tertiary/aromatic N) is 1. The molecule has 2 atom stereocenters. The minimum Gasteiger partial charge on any atom is -0.368 e. The molecule has 16 heavy (non-hydrogen) atoms. The normalized spacial score (nSPS) is 17.1. The van der Waals surface area contributed by atoms with Crippen LogP contribution in [0.1, 0.15) is 40.0 Å². The predicted octanol–water partition coefficient (Wildman–Crippen LogP) is 0.947. The number of primary amides is 1. The third-order valence-corrected chi connectivity index (χ3v) is 3.12. The molecular formula is C12H27N3O. The smallest absolute Gasteiger partial charge is 0.237 e. The van der Waals surface area contributed by atoms with Crippen molar-refractivity contribution in [3.05, 3.63) is 0 Å². The summed E-state index contributed by atoms with van der Waals surface area (Å²) >= 11 is 0. The summed E-state index contributed by atoms with van der Waals surface area (Å²) in [6, 6.07) is 0. The summed E-state index contributed by atoms with van der Waals surface area (Å²) in [7, 11) is 2.10. The fourth-order valence-corrected chi connectivity index (χ4v) is 1.59. The Morgan fingerprint density at radius 2 is 2.06 bits per heavy atom. The monoisotopic (exact) mass is 229 g/mol. The Labute approximate surface area is 99.4 Å². The van der Waals surface area contributed by atoms with Gasteiger partial charge in [0.25, 0.3) is 0 Å². The highest BCUT2D eigenvalue weighted by atomic mass is 16.1. The fourth-order valence-electron chi connectivity index (χ4n) is 1.59. The lowest BCUT2D eigenvalue weighted by molar-refractivity contribution is -0.122. The molecule has 4 nitrogen and oxygen atoms in total. The van der Waals surface area contributed by atoms with Crippen molar-refractivity contribution in [2.24, 2.45) is 17.4 Å². The van der Waals surface area contributed by atoms with Crippen molar-refractivity contribution in [1.82, 2.24) is 4.90 Å². The van der Waals surface area contributed by atoms with E-state index in [9.17, 15) is 4.79 Å². The Bertz CT molecular complexity index is 216. The van der Waals surface area contributed by atoms with Crippen LogP contribution in [0.3, 0.4) is 0 Å². The molecule has 0 spiro atoms. The molecule has 0 aliphatic carbocycles. The zero-order chi connectivity index (χ0) is 12.8. The van der Waals surface area contributed by atoms with Gasteiger partial charge in [0.2, 0.25) is 5.91 Å². The Kier molecular flexibility index (Phi) is 6.60. The summed E-state index contributed by atoms with van der Waals surface area (Å²) in [6.07, 6.45) is 2.75. The zero-order valence-electron chi connectivity index (χ0n) is 11.1. The van der Waals surface area contributed by atoms with E-state index >= 15 is 0 Å². The van der Waals surface area contributed by atoms with Gasteiger partial charge in [-0.1, -0.05) is 20.3 Å². The zero-order valence-corrected chi connectivity index (χ0v) is 11.1. The Morgan fingerprint density at radius 1 is 1.50 bits per heavy atom. The van der Waals surface area contributed by atoms with Crippen molar-refractivity contribution < 1.29 is 4.79 Å². The third-order valence-electron chi connectivity index (χ3n) is 3.12. The van der Waals surface area contributed by atoms with E-state index in [4.69, 9.17) is 11.5 Å². The first-order valence-corrected chi connectivity index (χ1v) is 6.07. The van der Waals surface area contributed by atoms with Crippen molar-refractivity contribution in [2.45, 2.75) is 45.6 Å². The fraction of sp³-hybridized carbons (Fsp3) is 0.917. The second-order valence-corrected chi connectivity index (χ2v) is 5.16. The van der Waals surface area contributed by atoms with Crippen molar-refractivity contribution in [3.63, 3.8) is 0 Å². The molecule has 0 bridgehead atoms. The molecule has 4 N–H and O–H groups in total. The van der Waals surface area contributed by atoms with Gasteiger partial charge in [-0.25, -0.2) is 0 Å². The van der Waals surface area contributed by atoms with Crippen LogP contribution in [0.2, 0.25) is 0 Å². The van der Waals surface area contributed by atoms with E-state index in [1.165, 1.54) is 6.42 Å². The van der Waals surface area contributed by atoms with Gasteiger partial charge >= 0.3 is 0 Å². The molecule has 4 heteroatoms. The minimum absolute atomic E-state index is 0.419. The van der Waals surface area contributed by atoms with Gasteiger partial charge in [-0.15, -0.1) is 0 Å². The van der Waals surface area contributed by atoms with Crippen LogP contribution in [0, 0.1) is 5.92 Å². The van der Waals surface area contributed by atoms with E-state index in [1.807, 2.05) is 0 Å². The van der Waals surface area contributed by atoms with Gasteiger partial charge in [0.1, 0.15) is 0 Å². The molecule has 0 aliphatic heterocycles. The maximum atomic E-state index is 11.0. The van der Waals surface area contributed by atoms with Crippen LogP contribution < -0.4 is 11.5 Å². The molecule has 0 aromatic carbocycles. The number of carbonyl (C=O) groups is 1. The highest BCUT2D eigenvalue weighted by molar-refractivity contribution is 5.83. The van der Waals surface area contributed by atoms with Crippen LogP contribution in [0.5, 0.6) is 0 Å². The van der Waals surface area contributed by atoms with E-state index in [1.54, 1.807) is 6.92 Å². The van der Waals surface area contributed by atoms with E-state index in [0.717, 1.165) is 19.5 Å². The predicted molar refractivity (Wildman–Crippen MR) is 68.0 cm³/mol. The van der Waals surface area contributed by atoms with E-state index in [2.05, 4.69) is 25.8 Å². The molecule has 2 unspecified atom stereocenters. The first-order valence-electron chi connectivity index (χ1n) is 6.07. The van der Waals surface area contributed by atoms with Crippen LogP contribution in [0.25, 0.3) is 0 Å². The van der Waals surface area contributed by atoms with Crippen LogP contribution >= 0.6 is 0 Å². The van der Waals surface area contributed by atoms with Crippen molar-refractivity contribution in [3.8, 4) is 0 Å². The molecular weight excluding hydrogens is 202 g/mol. The standard InChI is InChI=1S/C12H27N3O/c1-5-10(2)9-15(4)8-6-7-12(3,14)11(13)16/h10H,5-9,14H2,1-4H3,(H2,13,16). The summed E-state index contributed by atoms with van der Waals surface area (Å²) in [4.78, 5) is 13.3. The molecule has 96 valence electrons. The lowest BCUT2D eigenvalue weighted by atomic mass is 9.96. The molecule has 0 aromatic rings. The van der Waals surface area contributed by atoms with E-state index < -0.39 is 11.4 Å². The van der Waals surface area contributed by atoms with Gasteiger partial charge in [-0.05, 0) is 39.3 Å². The van der Waals surface area contributed by atoms with E-state index in [-0.39, 0.29) is 0 Å². The SMILES string of the molecule is CCC(C)CN(C)CCCC(C)(N)C(N)=O. The minimum atomic E-state index is -0.864. The number of carbonyl (C=O) groups excluding carboxylic acids is 1. The Morgan fingerprint density at radius 3 is 2.50 bits per heavy atom. The molecule has 0 fully saturated rings. The summed E-state index contributed by atoms with van der Waals surface area (Å²) in [5.41, 5.74) is 10.1. The average molecular weight is 229 g/mol. The third kappa shape index (κ3) is 6.08. The van der Waals surface area contributed by atoms with Crippen LogP contribution in [-0.4, -0.2) is 36.5 Å². The largest absolute Gasteiger partial charge is 0.368 e. The molecule has 0 heterocycles. The average Bonchev–Trinajstić information content (AvgIpc) is 2.16. The molecule has 0 saturated heterocycles. The molecule has 1 amide bonds. The van der Waals surface area contributed by atoms with E-state index in [0.29, 0.717) is 12.3 Å². The van der Waals surface area contributed by atoms with Crippen LogP contribution in [0.15, 0.2) is 0 Å². The lowest BCUT2D eigenvalue weighted by Crippen LogP contribution is -2.49. The van der Waals surface area contributed by atoms with Crippen molar-refractivity contribution in [2.75, 3.05) is 20.1 Å². The van der Waals surface area contributed by atoms with Gasteiger partial charge in [0, 0.05) is 6.54 Å². The Balaban J connectivity index is 3.77. The highest BCUT2D eigenvalue weighted by Gasteiger charge is 2.24. The summed E-state index contributed by atoms with van der Waals surface area (Å²) in [6.45, 7) is 8.19. The molecule has 0 saturated carbocycles. The maximum Gasteiger partial charge on any atom is 0.237 e. The van der Waals surface area contributed by atoms with Gasteiger partial charge in [0.05, 0.1) is 5.54 Å². The van der Waals surface area contributed by atoms with Crippen molar-refractivity contribution >= 4 is 5.91 Å². The first kappa shape index (κ1) is 15.4. The number of amides is 1. The highest BCUT2D eigenvalue weighted by Crippen LogP contribution is 2.09. The van der Waals surface area contributed by atoms with Crippen molar-refractivity contribution in [1.29, 1.82) is 0 Å². The lowest BCUT2D eigenvalue weighted by Gasteiger charge is -2.24. The van der Waals surface area contributed by atoms with Crippen LogP contribution in [0.4, 0.5) is 0 Å².